The Labute approximate surface area is 455 Å². The number of quaternary nitrogens is 1. The third-order valence-electron chi connectivity index (χ3n) is 12.0. The second-order valence-corrected chi connectivity index (χ2v) is 21.7. The van der Waals surface area contributed by atoms with Crippen molar-refractivity contribution in [2.24, 2.45) is 0 Å². The number of carbonyl (C=O) groups excluding carboxylic acids is 1. The van der Waals surface area contributed by atoms with Crippen molar-refractivity contribution in [1.82, 2.24) is 5.32 Å². The SMILES string of the molecule is CC/C=C\C/C=C\C/C=C\C/C=C\C/C=C\C/C=C\C/C=C\C/C=C\C/C=C\CCCC(=O)NC(COP(=O)([O-])OCC[N+](C)(C)C)C(O)/C=C/CC/C=C/CC/C=C/CCCCCCCCCCCCCCC. The Morgan fingerprint density at radius 1 is 0.486 bits per heavy atom. The minimum Gasteiger partial charge on any atom is -0.756 e. The first-order chi connectivity index (χ1) is 36.0. The number of nitrogens with one attached hydrogen (secondary N) is 1. The van der Waals surface area contributed by atoms with Crippen LogP contribution in [0.2, 0.25) is 0 Å². The third kappa shape index (κ3) is 56.1. The number of phosphoric ester groups is 1. The number of carbonyl (C=O) groups is 1. The predicted octanol–water partition coefficient (Wildman–Crippen LogP) is 17.5. The quantitative estimate of drug-likeness (QED) is 0.0272. The zero-order valence-electron chi connectivity index (χ0n) is 47.7. The number of unbranched alkanes of at least 4 members (excludes halogenated alkanes) is 16. The molecule has 0 saturated heterocycles. The van der Waals surface area contributed by atoms with Gasteiger partial charge in [-0.3, -0.25) is 9.36 Å². The van der Waals surface area contributed by atoms with Crippen LogP contribution in [-0.4, -0.2) is 68.5 Å². The number of aliphatic hydroxyl groups excluding tert-OH is 1. The van der Waals surface area contributed by atoms with Gasteiger partial charge >= 0.3 is 0 Å². The Kier molecular flexibility index (Phi) is 51.5. The summed E-state index contributed by atoms with van der Waals surface area (Å²) < 4.78 is 23.3. The van der Waals surface area contributed by atoms with Gasteiger partial charge in [0, 0.05) is 6.42 Å². The van der Waals surface area contributed by atoms with E-state index < -0.39 is 26.6 Å². The summed E-state index contributed by atoms with van der Waals surface area (Å²) in [5.41, 5.74) is 0. The van der Waals surface area contributed by atoms with Gasteiger partial charge in [-0.1, -0.05) is 237 Å². The zero-order chi connectivity index (χ0) is 54.2. The van der Waals surface area contributed by atoms with Gasteiger partial charge in [0.25, 0.3) is 7.82 Å². The van der Waals surface area contributed by atoms with Crippen molar-refractivity contribution in [3.05, 3.63) is 146 Å². The normalized spacial score (nSPS) is 15.0. The van der Waals surface area contributed by atoms with E-state index in [-0.39, 0.29) is 18.9 Å². The molecule has 2 N–H and O–H groups in total. The van der Waals surface area contributed by atoms with Crippen LogP contribution in [0.1, 0.15) is 206 Å². The molecule has 0 fully saturated rings. The Morgan fingerprint density at radius 3 is 1.26 bits per heavy atom. The topological polar surface area (TPSA) is 108 Å². The minimum absolute atomic E-state index is 0.0286. The summed E-state index contributed by atoms with van der Waals surface area (Å²) in [6.45, 7) is 4.45. The molecule has 3 unspecified atom stereocenters. The first-order valence-corrected chi connectivity index (χ1v) is 30.7. The summed E-state index contributed by atoms with van der Waals surface area (Å²) in [6.07, 6.45) is 83.7. The largest absolute Gasteiger partial charge is 0.756 e. The van der Waals surface area contributed by atoms with Gasteiger partial charge in [0.05, 0.1) is 39.9 Å². The van der Waals surface area contributed by atoms with Gasteiger partial charge in [-0.15, -0.1) is 0 Å². The molecule has 0 saturated carbocycles. The number of likely N-dealkylation sites (N-methyl/N-ethyl adjacent to an activating group) is 1. The van der Waals surface area contributed by atoms with Gasteiger partial charge in [0.15, 0.2) is 0 Å². The summed E-state index contributed by atoms with van der Waals surface area (Å²) in [7, 11) is 1.17. The highest BCUT2D eigenvalue weighted by Crippen LogP contribution is 2.38. The van der Waals surface area contributed by atoms with Crippen molar-refractivity contribution in [1.29, 1.82) is 0 Å². The average Bonchev–Trinajstić information content (AvgIpc) is 3.36. The van der Waals surface area contributed by atoms with Gasteiger partial charge in [-0.2, -0.15) is 0 Å². The molecule has 0 aromatic rings. The summed E-state index contributed by atoms with van der Waals surface area (Å²) in [4.78, 5) is 25.5. The molecule has 0 aliphatic heterocycles. The predicted molar refractivity (Wildman–Crippen MR) is 320 cm³/mol. The van der Waals surface area contributed by atoms with Crippen molar-refractivity contribution < 1.29 is 32.9 Å². The fourth-order valence-corrected chi connectivity index (χ4v) is 8.20. The summed E-state index contributed by atoms with van der Waals surface area (Å²) in [6, 6.07) is -0.953. The molecule has 0 aliphatic carbocycles. The molecule has 0 bridgehead atoms. The molecule has 0 radical (unpaired) electrons. The van der Waals surface area contributed by atoms with Gasteiger partial charge in [-0.25, -0.2) is 0 Å². The van der Waals surface area contributed by atoms with Crippen LogP contribution in [0.3, 0.4) is 0 Å². The van der Waals surface area contributed by atoms with E-state index in [4.69, 9.17) is 9.05 Å². The summed E-state index contributed by atoms with van der Waals surface area (Å²) in [5, 5.41) is 13.8. The van der Waals surface area contributed by atoms with Gasteiger partial charge < -0.3 is 28.8 Å². The Balaban J connectivity index is 4.45. The van der Waals surface area contributed by atoms with Crippen molar-refractivity contribution in [2.75, 3.05) is 40.9 Å². The molecular formula is C65H109N2O6P. The highest BCUT2D eigenvalue weighted by molar-refractivity contribution is 7.45. The fourth-order valence-electron chi connectivity index (χ4n) is 7.48. The van der Waals surface area contributed by atoms with Crippen LogP contribution < -0.4 is 10.2 Å². The molecule has 420 valence electrons. The van der Waals surface area contributed by atoms with Crippen molar-refractivity contribution >= 4 is 13.7 Å². The summed E-state index contributed by atoms with van der Waals surface area (Å²) in [5.74, 6) is -0.275. The lowest BCUT2D eigenvalue weighted by Gasteiger charge is -2.29. The first kappa shape index (κ1) is 70.4. The maximum Gasteiger partial charge on any atom is 0.268 e. The molecule has 0 spiro atoms. The second-order valence-electron chi connectivity index (χ2n) is 20.2. The zero-order valence-corrected chi connectivity index (χ0v) is 48.6. The molecule has 0 rings (SSSR count). The number of aliphatic hydroxyl groups is 1. The molecule has 9 heteroatoms. The molecule has 8 nitrogen and oxygen atoms in total. The average molecular weight is 1050 g/mol. The third-order valence-corrected chi connectivity index (χ3v) is 13.0. The Hall–Kier alpha value is -3.62. The van der Waals surface area contributed by atoms with E-state index in [1.54, 1.807) is 6.08 Å². The smallest absolute Gasteiger partial charge is 0.268 e. The van der Waals surface area contributed by atoms with E-state index in [9.17, 15) is 19.4 Å². The van der Waals surface area contributed by atoms with Crippen molar-refractivity contribution in [2.45, 2.75) is 219 Å². The molecular weight excluding hydrogens is 936 g/mol. The summed E-state index contributed by atoms with van der Waals surface area (Å²) >= 11 is 0. The molecule has 74 heavy (non-hydrogen) atoms. The molecule has 0 aliphatic rings. The van der Waals surface area contributed by atoms with Crippen LogP contribution in [0, 0.1) is 0 Å². The van der Waals surface area contributed by atoms with E-state index in [2.05, 4.69) is 153 Å². The van der Waals surface area contributed by atoms with E-state index >= 15 is 0 Å². The number of hydrogen-bond donors (Lipinski definition) is 2. The Bertz CT molecular complexity index is 1710. The monoisotopic (exact) mass is 1040 g/mol. The van der Waals surface area contributed by atoms with E-state index in [1.165, 1.54) is 89.9 Å². The van der Waals surface area contributed by atoms with Crippen LogP contribution in [0.25, 0.3) is 0 Å². The van der Waals surface area contributed by atoms with Crippen LogP contribution >= 0.6 is 7.82 Å². The number of allylic oxidation sites excluding steroid dienone is 23. The first-order valence-electron chi connectivity index (χ1n) is 29.2. The maximum atomic E-state index is 12.9. The van der Waals surface area contributed by atoms with E-state index in [1.807, 2.05) is 27.2 Å². The number of nitrogens with zero attached hydrogens (tertiary/aromatic N) is 1. The lowest BCUT2D eigenvalue weighted by Crippen LogP contribution is -2.45. The van der Waals surface area contributed by atoms with Crippen molar-refractivity contribution in [3.8, 4) is 0 Å². The second kappa shape index (κ2) is 54.2. The number of phosphoric acid groups is 1. The fraction of sp³-hybridized carbons (Fsp3) is 0.615. The molecule has 1 amide bonds. The minimum atomic E-state index is -4.64. The van der Waals surface area contributed by atoms with Crippen LogP contribution in [0.5, 0.6) is 0 Å². The molecule has 0 aromatic heterocycles. The lowest BCUT2D eigenvalue weighted by atomic mass is 10.0. The Morgan fingerprint density at radius 2 is 0.838 bits per heavy atom. The van der Waals surface area contributed by atoms with Crippen LogP contribution in [0.4, 0.5) is 0 Å². The van der Waals surface area contributed by atoms with E-state index in [0.717, 1.165) is 83.5 Å². The molecule has 0 heterocycles. The molecule has 0 aromatic carbocycles. The van der Waals surface area contributed by atoms with Crippen LogP contribution in [-0.2, 0) is 18.4 Å². The van der Waals surface area contributed by atoms with Gasteiger partial charge in [0.2, 0.25) is 5.91 Å². The van der Waals surface area contributed by atoms with Crippen molar-refractivity contribution in [3.63, 3.8) is 0 Å². The highest BCUT2D eigenvalue weighted by atomic mass is 31.2. The van der Waals surface area contributed by atoms with Gasteiger partial charge in [0.1, 0.15) is 13.2 Å². The highest BCUT2D eigenvalue weighted by Gasteiger charge is 2.23. The standard InChI is InChI=1S/C65H109N2O6P/c1-6-8-10-12-14-16-18-20-22-24-26-28-30-31-32-33-34-35-37-39-41-43-45-47-49-51-53-55-57-59-65(69)66-63(62-73-74(70,71)72-61-60-67(3,4)5)64(68)58-56-54-52-50-48-46-44-42-40-38-36-29-27-25-23-21-19-17-15-13-11-9-7-2/h8,10,14,16,20,22,26,28,31-32,34-35,39-42,45,47-48,50-51,53,56,58,63-64,68H,6-7,9,11-13,15,17-19,21,23-25,27,29-30,33,36-38,43-44,46,49,52,54-55,57,59-62H2,1-5H3,(H-,66,69,70,71)/b10-8-,16-14-,22-20-,28-26-,32-31-,35-34-,41-39-,42-40+,47-45-,50-48+,53-51-,58-56+. The maximum absolute atomic E-state index is 12.9. The number of hydrogen-bond acceptors (Lipinski definition) is 6. The lowest BCUT2D eigenvalue weighted by molar-refractivity contribution is -0.870. The van der Waals surface area contributed by atoms with E-state index in [0.29, 0.717) is 23.9 Å². The molecule has 3 atom stereocenters. The number of amides is 1. The number of rotatable bonds is 51. The van der Waals surface area contributed by atoms with Gasteiger partial charge in [-0.05, 0) is 109 Å². The van der Waals surface area contributed by atoms with Crippen LogP contribution in [0.15, 0.2) is 146 Å².